The van der Waals surface area contributed by atoms with Gasteiger partial charge in [-0.2, -0.15) is 0 Å². The molecule has 0 atom stereocenters. The summed E-state index contributed by atoms with van der Waals surface area (Å²) in [7, 11) is 3.13. The van der Waals surface area contributed by atoms with Crippen LogP contribution in [-0.2, 0) is 11.3 Å². The van der Waals surface area contributed by atoms with Crippen molar-refractivity contribution in [2.24, 2.45) is 0 Å². The van der Waals surface area contributed by atoms with Gasteiger partial charge in [-0.15, -0.1) is 11.3 Å². The molecule has 1 aromatic carbocycles. The summed E-state index contributed by atoms with van der Waals surface area (Å²) in [4.78, 5) is 23.9. The Hall–Kier alpha value is -2.80. The number of thiophene rings is 1. The van der Waals surface area contributed by atoms with Crippen molar-refractivity contribution in [3.8, 4) is 11.5 Å². The van der Waals surface area contributed by atoms with Crippen molar-refractivity contribution < 1.29 is 24.2 Å². The third-order valence-corrected chi connectivity index (χ3v) is 4.22. The summed E-state index contributed by atoms with van der Waals surface area (Å²) >= 11 is 1.22. The summed E-state index contributed by atoms with van der Waals surface area (Å²) in [5, 5.41) is 11.4. The number of carbonyl (C=O) groups excluding carboxylic acids is 1. The van der Waals surface area contributed by atoms with Crippen LogP contribution in [0.1, 0.15) is 20.1 Å². The summed E-state index contributed by atoms with van der Waals surface area (Å²) in [5.74, 6) is 0.0507. The summed E-state index contributed by atoms with van der Waals surface area (Å²) < 4.78 is 10.4. The topological polar surface area (TPSA) is 84.9 Å². The molecule has 2 rings (SSSR count). The third-order valence-electron chi connectivity index (χ3n) is 3.17. The van der Waals surface area contributed by atoms with Gasteiger partial charge in [-0.3, -0.25) is 4.79 Å². The monoisotopic (exact) mass is 347 g/mol. The fraction of sp³-hybridized carbons (Fsp3) is 0.176. The smallest absolute Gasteiger partial charge is 0.328 e. The molecular formula is C17H17NO5S. The molecule has 1 aromatic heterocycles. The predicted molar refractivity (Wildman–Crippen MR) is 91.7 cm³/mol. The minimum absolute atomic E-state index is 0.229. The van der Waals surface area contributed by atoms with Gasteiger partial charge in [0, 0.05) is 29.1 Å². The van der Waals surface area contributed by atoms with Crippen molar-refractivity contribution in [3.63, 3.8) is 0 Å². The lowest BCUT2D eigenvalue weighted by molar-refractivity contribution is -0.131. The van der Waals surface area contributed by atoms with Gasteiger partial charge in [0.1, 0.15) is 11.5 Å². The molecule has 0 saturated carbocycles. The van der Waals surface area contributed by atoms with Crippen LogP contribution in [0.4, 0.5) is 0 Å². The van der Waals surface area contributed by atoms with Gasteiger partial charge in [0.15, 0.2) is 0 Å². The first-order chi connectivity index (χ1) is 11.5. The minimum atomic E-state index is -1.03. The lowest BCUT2D eigenvalue weighted by Crippen LogP contribution is -2.22. The first kappa shape index (κ1) is 17.6. The normalized spacial score (nSPS) is 10.6. The van der Waals surface area contributed by atoms with E-state index >= 15 is 0 Å². The van der Waals surface area contributed by atoms with E-state index in [1.165, 1.54) is 17.4 Å². The second-order valence-corrected chi connectivity index (χ2v) is 5.85. The Balaban J connectivity index is 2.02. The number of hydrogen-bond acceptors (Lipinski definition) is 5. The summed E-state index contributed by atoms with van der Waals surface area (Å²) in [6, 6.07) is 8.73. The average Bonchev–Trinajstić information content (AvgIpc) is 3.06. The van der Waals surface area contributed by atoms with Gasteiger partial charge < -0.3 is 19.9 Å². The van der Waals surface area contributed by atoms with Crippen molar-refractivity contribution >= 4 is 29.3 Å². The molecule has 2 N–H and O–H groups in total. The predicted octanol–water partition coefficient (Wildman–Crippen LogP) is 2.79. The maximum atomic E-state index is 12.2. The number of aliphatic carboxylic acids is 1. The Morgan fingerprint density at radius 2 is 2.00 bits per heavy atom. The van der Waals surface area contributed by atoms with Gasteiger partial charge in [0.2, 0.25) is 0 Å². The van der Waals surface area contributed by atoms with Crippen molar-refractivity contribution in [3.05, 3.63) is 51.7 Å². The fourth-order valence-corrected chi connectivity index (χ4v) is 2.81. The highest BCUT2D eigenvalue weighted by Gasteiger charge is 2.10. The van der Waals surface area contributed by atoms with Crippen LogP contribution in [0.15, 0.2) is 36.4 Å². The molecule has 0 aliphatic heterocycles. The molecule has 6 nitrogen and oxygen atoms in total. The fourth-order valence-electron chi connectivity index (χ4n) is 1.98. The molecule has 0 saturated heterocycles. The number of nitrogens with one attached hydrogen (secondary N) is 1. The number of benzene rings is 1. The number of hydrogen-bond donors (Lipinski definition) is 2. The summed E-state index contributed by atoms with van der Waals surface area (Å²) in [5.41, 5.74) is 0.828. The number of carbonyl (C=O) groups is 2. The number of amides is 1. The zero-order chi connectivity index (χ0) is 17.5. The van der Waals surface area contributed by atoms with Crippen molar-refractivity contribution in [2.75, 3.05) is 14.2 Å². The second kappa shape index (κ2) is 8.16. The molecule has 0 unspecified atom stereocenters. The molecule has 0 radical (unpaired) electrons. The first-order valence-corrected chi connectivity index (χ1v) is 7.85. The molecule has 1 amide bonds. The van der Waals surface area contributed by atoms with E-state index < -0.39 is 5.97 Å². The van der Waals surface area contributed by atoms with E-state index in [4.69, 9.17) is 14.6 Å². The van der Waals surface area contributed by atoms with Crippen LogP contribution in [0.25, 0.3) is 6.08 Å². The molecule has 0 spiro atoms. The molecule has 1 heterocycles. The molecular weight excluding hydrogens is 330 g/mol. The Morgan fingerprint density at radius 3 is 2.67 bits per heavy atom. The number of ether oxygens (including phenoxy) is 2. The Bertz CT molecular complexity index is 766. The minimum Gasteiger partial charge on any atom is -0.497 e. The molecule has 0 aliphatic carbocycles. The molecule has 24 heavy (non-hydrogen) atoms. The SMILES string of the molecule is COc1ccc(CNC(=O)c2ccc(/C=C/C(=O)O)s2)c(OC)c1. The van der Waals surface area contributed by atoms with Gasteiger partial charge in [-0.05, 0) is 30.3 Å². The maximum Gasteiger partial charge on any atom is 0.328 e. The average molecular weight is 347 g/mol. The largest absolute Gasteiger partial charge is 0.497 e. The van der Waals surface area contributed by atoms with Crippen LogP contribution in [0.3, 0.4) is 0 Å². The van der Waals surface area contributed by atoms with Gasteiger partial charge in [-0.25, -0.2) is 4.79 Å². The van der Waals surface area contributed by atoms with Crippen LogP contribution in [-0.4, -0.2) is 31.2 Å². The summed E-state index contributed by atoms with van der Waals surface area (Å²) in [6.45, 7) is 0.310. The van der Waals surface area contributed by atoms with Crippen molar-refractivity contribution in [2.45, 2.75) is 6.54 Å². The number of rotatable bonds is 7. The Labute approximate surface area is 143 Å². The van der Waals surface area contributed by atoms with Gasteiger partial charge in [-0.1, -0.05) is 0 Å². The van der Waals surface area contributed by atoms with E-state index in [0.29, 0.717) is 27.8 Å². The van der Waals surface area contributed by atoms with Crippen LogP contribution >= 0.6 is 11.3 Å². The lowest BCUT2D eigenvalue weighted by atomic mass is 10.2. The standard InChI is InChI=1S/C17H17NO5S/c1-22-12-4-3-11(14(9-12)23-2)10-18-17(21)15-7-5-13(24-15)6-8-16(19)20/h3-9H,10H2,1-2H3,(H,18,21)(H,19,20)/b8-6+. The second-order valence-electron chi connectivity index (χ2n) is 4.73. The highest BCUT2D eigenvalue weighted by Crippen LogP contribution is 2.24. The molecule has 126 valence electrons. The highest BCUT2D eigenvalue weighted by molar-refractivity contribution is 7.14. The number of methoxy groups -OCH3 is 2. The first-order valence-electron chi connectivity index (χ1n) is 7.03. The number of carboxylic acids is 1. The molecule has 0 fully saturated rings. The van der Waals surface area contributed by atoms with E-state index in [0.717, 1.165) is 11.6 Å². The van der Waals surface area contributed by atoms with Crippen molar-refractivity contribution in [1.82, 2.24) is 5.32 Å². The third kappa shape index (κ3) is 4.60. The van der Waals surface area contributed by atoms with Crippen LogP contribution < -0.4 is 14.8 Å². The van der Waals surface area contributed by atoms with Crippen molar-refractivity contribution in [1.29, 1.82) is 0 Å². The van der Waals surface area contributed by atoms with E-state index in [-0.39, 0.29) is 5.91 Å². The van der Waals surface area contributed by atoms with Gasteiger partial charge >= 0.3 is 5.97 Å². The Kier molecular flexibility index (Phi) is 5.97. The lowest BCUT2D eigenvalue weighted by Gasteiger charge is -2.11. The van der Waals surface area contributed by atoms with Crippen LogP contribution in [0, 0.1) is 0 Å². The Morgan fingerprint density at radius 1 is 1.21 bits per heavy atom. The zero-order valence-corrected chi connectivity index (χ0v) is 14.1. The molecule has 7 heteroatoms. The van der Waals surface area contributed by atoms with Crippen LogP contribution in [0.5, 0.6) is 11.5 Å². The van der Waals surface area contributed by atoms with Gasteiger partial charge in [0.25, 0.3) is 5.91 Å². The van der Waals surface area contributed by atoms with Crippen LogP contribution in [0.2, 0.25) is 0 Å². The molecule has 0 bridgehead atoms. The molecule has 2 aromatic rings. The highest BCUT2D eigenvalue weighted by atomic mass is 32.1. The quantitative estimate of drug-likeness (QED) is 0.752. The van der Waals surface area contributed by atoms with E-state index in [2.05, 4.69) is 5.32 Å². The number of carboxylic acid groups (broad SMARTS) is 1. The van der Waals surface area contributed by atoms with E-state index in [1.807, 2.05) is 6.07 Å². The van der Waals surface area contributed by atoms with Gasteiger partial charge in [0.05, 0.1) is 19.1 Å². The zero-order valence-electron chi connectivity index (χ0n) is 13.2. The summed E-state index contributed by atoms with van der Waals surface area (Å²) in [6.07, 6.45) is 2.49. The molecule has 0 aliphatic rings. The van der Waals surface area contributed by atoms with E-state index in [1.54, 1.807) is 38.5 Å². The maximum absolute atomic E-state index is 12.2. The van der Waals surface area contributed by atoms with E-state index in [9.17, 15) is 9.59 Å².